The third-order valence-electron chi connectivity index (χ3n) is 6.16. The fourth-order valence-electron chi connectivity index (χ4n) is 4.66. The lowest BCUT2D eigenvalue weighted by molar-refractivity contribution is -0.116. The first-order valence-corrected chi connectivity index (χ1v) is 10.1. The summed E-state index contributed by atoms with van der Waals surface area (Å²) in [7, 11) is 1.50. The number of phenols is 2. The number of Topliss-reactive ketones (excluding diaryl/α,β-unsaturated/α-hetero) is 1. The highest BCUT2D eigenvalue weighted by Crippen LogP contribution is 2.49. The molecule has 31 heavy (non-hydrogen) atoms. The molecule has 3 aromatic rings. The number of carbonyl (C=O) groups is 1. The van der Waals surface area contributed by atoms with Crippen molar-refractivity contribution in [1.29, 1.82) is 0 Å². The minimum Gasteiger partial charge on any atom is -0.508 e. The van der Waals surface area contributed by atoms with Gasteiger partial charge in [-0.15, -0.1) is 0 Å². The van der Waals surface area contributed by atoms with Gasteiger partial charge in [0, 0.05) is 23.6 Å². The van der Waals surface area contributed by atoms with Crippen LogP contribution in [-0.2, 0) is 4.79 Å². The fourth-order valence-corrected chi connectivity index (χ4v) is 4.66. The molecular weight excluding hydrogens is 396 g/mol. The second kappa shape index (κ2) is 7.19. The first-order valence-electron chi connectivity index (χ1n) is 10.1. The van der Waals surface area contributed by atoms with Crippen LogP contribution in [0.2, 0.25) is 0 Å². The number of benzene rings is 2. The number of ether oxygens (including phenoxy) is 1. The molecule has 5 rings (SSSR count). The third-order valence-corrected chi connectivity index (χ3v) is 6.16. The zero-order chi connectivity index (χ0) is 21.7. The topological polar surface area (TPSA) is 105 Å². The molecule has 0 amide bonds. The Bertz CT molecular complexity index is 1210. The summed E-state index contributed by atoms with van der Waals surface area (Å²) in [6, 6.07) is 12.1. The second-order valence-corrected chi connectivity index (χ2v) is 8.01. The number of methoxy groups -OCH3 is 1. The third kappa shape index (κ3) is 3.13. The molecule has 1 aliphatic heterocycles. The first kappa shape index (κ1) is 19.2. The summed E-state index contributed by atoms with van der Waals surface area (Å²) >= 11 is 0. The van der Waals surface area contributed by atoms with Crippen LogP contribution in [0.3, 0.4) is 0 Å². The molecule has 2 aromatic carbocycles. The van der Waals surface area contributed by atoms with Gasteiger partial charge in [-0.3, -0.25) is 4.79 Å². The van der Waals surface area contributed by atoms with Crippen molar-refractivity contribution in [1.82, 2.24) is 5.16 Å². The number of fused-ring (bicyclic) bond motifs is 1. The zero-order valence-electron chi connectivity index (χ0n) is 17.2. The van der Waals surface area contributed by atoms with E-state index in [9.17, 15) is 15.0 Å². The lowest BCUT2D eigenvalue weighted by Gasteiger charge is -2.34. The van der Waals surface area contributed by atoms with Crippen molar-refractivity contribution >= 4 is 11.7 Å². The van der Waals surface area contributed by atoms with Crippen LogP contribution in [0.25, 0.3) is 0 Å². The van der Waals surface area contributed by atoms with Crippen LogP contribution in [-0.4, -0.2) is 28.3 Å². The molecule has 0 unspecified atom stereocenters. The van der Waals surface area contributed by atoms with E-state index in [-0.39, 0.29) is 29.1 Å². The highest BCUT2D eigenvalue weighted by Gasteiger charge is 2.41. The molecule has 3 N–H and O–H groups in total. The number of hydrogen-bond acceptors (Lipinski definition) is 7. The van der Waals surface area contributed by atoms with Crippen molar-refractivity contribution in [2.45, 2.75) is 31.6 Å². The maximum Gasteiger partial charge on any atom is 0.233 e. The SMILES string of the molecule is COc1cc([C@@H]2CC(=O)C3=C(C2)Nc2onc(C)c2[C@H]3c2ccc(O)cc2)ccc1O. The molecule has 0 radical (unpaired) electrons. The van der Waals surface area contributed by atoms with E-state index in [2.05, 4.69) is 10.5 Å². The zero-order valence-corrected chi connectivity index (χ0v) is 17.2. The number of nitrogens with zero attached hydrogens (tertiary/aromatic N) is 1. The lowest BCUT2D eigenvalue weighted by Crippen LogP contribution is -2.29. The van der Waals surface area contributed by atoms with E-state index in [0.29, 0.717) is 30.0 Å². The number of carbonyl (C=O) groups excluding carboxylic acids is 1. The average molecular weight is 418 g/mol. The molecule has 0 bridgehead atoms. The number of aromatic nitrogens is 1. The molecule has 0 saturated heterocycles. The molecule has 7 heteroatoms. The molecule has 0 spiro atoms. The Morgan fingerprint density at radius 3 is 2.58 bits per heavy atom. The van der Waals surface area contributed by atoms with E-state index < -0.39 is 0 Å². The molecule has 0 fully saturated rings. The van der Waals surface area contributed by atoms with E-state index in [1.54, 1.807) is 24.3 Å². The van der Waals surface area contributed by atoms with E-state index in [4.69, 9.17) is 9.26 Å². The van der Waals surface area contributed by atoms with E-state index >= 15 is 0 Å². The van der Waals surface area contributed by atoms with Crippen LogP contribution in [0.1, 0.15) is 47.1 Å². The number of hydrogen-bond donors (Lipinski definition) is 3. The summed E-state index contributed by atoms with van der Waals surface area (Å²) < 4.78 is 10.8. The number of nitrogens with one attached hydrogen (secondary N) is 1. The van der Waals surface area contributed by atoms with E-state index in [1.807, 2.05) is 25.1 Å². The Morgan fingerprint density at radius 2 is 1.84 bits per heavy atom. The van der Waals surface area contributed by atoms with Gasteiger partial charge in [-0.2, -0.15) is 0 Å². The largest absolute Gasteiger partial charge is 0.508 e. The number of aryl methyl sites for hydroxylation is 1. The van der Waals surface area contributed by atoms with Crippen molar-refractivity contribution in [3.63, 3.8) is 0 Å². The van der Waals surface area contributed by atoms with Gasteiger partial charge < -0.3 is 24.8 Å². The Hall–Kier alpha value is -3.74. The minimum absolute atomic E-state index is 0.0510. The number of ketones is 1. The van der Waals surface area contributed by atoms with Crippen LogP contribution >= 0.6 is 0 Å². The van der Waals surface area contributed by atoms with Crippen LogP contribution in [0.15, 0.2) is 58.3 Å². The van der Waals surface area contributed by atoms with Gasteiger partial charge in [0.1, 0.15) is 5.75 Å². The molecule has 2 atom stereocenters. The average Bonchev–Trinajstić information content (AvgIpc) is 3.13. The Balaban J connectivity index is 1.59. The summed E-state index contributed by atoms with van der Waals surface area (Å²) in [5, 5.41) is 27.1. The van der Waals surface area contributed by atoms with Crippen LogP contribution in [0, 0.1) is 6.92 Å². The monoisotopic (exact) mass is 418 g/mol. The van der Waals surface area contributed by atoms with Gasteiger partial charge in [0.15, 0.2) is 17.3 Å². The summed E-state index contributed by atoms with van der Waals surface area (Å²) in [4.78, 5) is 13.4. The highest BCUT2D eigenvalue weighted by molar-refractivity contribution is 6.01. The van der Waals surface area contributed by atoms with Crippen molar-refractivity contribution in [3.05, 3.63) is 76.1 Å². The molecule has 2 aliphatic rings. The van der Waals surface area contributed by atoms with Crippen LogP contribution < -0.4 is 10.1 Å². The van der Waals surface area contributed by atoms with Crippen molar-refractivity contribution in [2.24, 2.45) is 0 Å². The lowest BCUT2D eigenvalue weighted by atomic mass is 9.72. The summed E-state index contributed by atoms with van der Waals surface area (Å²) in [6.45, 7) is 1.86. The maximum absolute atomic E-state index is 13.4. The Morgan fingerprint density at radius 1 is 1.10 bits per heavy atom. The number of rotatable bonds is 3. The number of allylic oxidation sites excluding steroid dienone is 2. The van der Waals surface area contributed by atoms with Crippen LogP contribution in [0.4, 0.5) is 5.88 Å². The van der Waals surface area contributed by atoms with Crippen molar-refractivity contribution in [3.8, 4) is 17.2 Å². The van der Waals surface area contributed by atoms with Crippen LogP contribution in [0.5, 0.6) is 17.2 Å². The van der Waals surface area contributed by atoms with Gasteiger partial charge in [0.25, 0.3) is 0 Å². The second-order valence-electron chi connectivity index (χ2n) is 8.01. The van der Waals surface area contributed by atoms with Crippen molar-refractivity contribution in [2.75, 3.05) is 12.4 Å². The summed E-state index contributed by atoms with van der Waals surface area (Å²) in [5.74, 6) is 0.863. The number of aromatic hydroxyl groups is 2. The smallest absolute Gasteiger partial charge is 0.233 e. The quantitative estimate of drug-likeness (QED) is 0.580. The molecular formula is C24H22N2O5. The van der Waals surface area contributed by atoms with Gasteiger partial charge in [0.05, 0.1) is 18.4 Å². The van der Waals surface area contributed by atoms with Gasteiger partial charge in [-0.25, -0.2) is 0 Å². The predicted octanol–water partition coefficient (Wildman–Crippen LogP) is 4.36. The molecule has 0 saturated carbocycles. The minimum atomic E-state index is -0.305. The Kier molecular flexibility index (Phi) is 4.46. The molecule has 1 aromatic heterocycles. The standard InChI is InChI=1S/C24H22N2O5/c1-12-21-22(13-3-6-16(27)7-4-13)23-17(25-24(21)31-26-12)9-15(10-19(23)29)14-5-8-18(28)20(11-14)30-2/h3-8,11,15,22,25,27-28H,9-10H2,1-2H3/t15-,22+/m0/s1. The predicted molar refractivity (Wildman–Crippen MR) is 113 cm³/mol. The number of phenolic OH excluding ortho intramolecular Hbond substituents is 2. The van der Waals surface area contributed by atoms with Gasteiger partial charge in [0.2, 0.25) is 5.88 Å². The number of anilines is 1. The molecule has 1 aliphatic carbocycles. The van der Waals surface area contributed by atoms with Crippen molar-refractivity contribution < 1.29 is 24.3 Å². The molecule has 2 heterocycles. The van der Waals surface area contributed by atoms with Gasteiger partial charge >= 0.3 is 0 Å². The Labute approximate surface area is 179 Å². The summed E-state index contributed by atoms with van der Waals surface area (Å²) in [5.41, 5.74) is 4.93. The fraction of sp³-hybridized carbons (Fsp3) is 0.250. The van der Waals surface area contributed by atoms with Gasteiger partial charge in [-0.1, -0.05) is 23.4 Å². The molecule has 7 nitrogen and oxygen atoms in total. The van der Waals surface area contributed by atoms with E-state index in [0.717, 1.165) is 28.1 Å². The van der Waals surface area contributed by atoms with Gasteiger partial charge in [-0.05, 0) is 54.7 Å². The molecule has 158 valence electrons. The normalized spacial score (nSPS) is 20.1. The van der Waals surface area contributed by atoms with E-state index in [1.165, 1.54) is 7.11 Å². The summed E-state index contributed by atoms with van der Waals surface area (Å²) in [6.07, 6.45) is 0.964. The first-order chi connectivity index (χ1) is 15.0. The maximum atomic E-state index is 13.4. The highest BCUT2D eigenvalue weighted by atomic mass is 16.5.